The smallest absolute Gasteiger partial charge is 0.389 e. The Hall–Kier alpha value is -1.05. The van der Waals surface area contributed by atoms with Crippen LogP contribution in [0.3, 0.4) is 0 Å². The van der Waals surface area contributed by atoms with Crippen LogP contribution >= 0.6 is 11.6 Å². The van der Waals surface area contributed by atoms with Crippen LogP contribution in [0, 0.1) is 5.92 Å². The van der Waals surface area contributed by atoms with Crippen molar-refractivity contribution in [3.63, 3.8) is 0 Å². The Kier molecular flexibility index (Phi) is 6.70. The SMILES string of the molecule is CC(C)COC[C@@H](O)CNc1ncc(C(F)(F)F)cc1Cl. The van der Waals surface area contributed by atoms with Gasteiger partial charge in [-0.3, -0.25) is 0 Å². The van der Waals surface area contributed by atoms with Crippen molar-refractivity contribution in [2.45, 2.75) is 26.1 Å². The first kappa shape index (κ1) is 18.0. The summed E-state index contributed by atoms with van der Waals surface area (Å²) in [7, 11) is 0. The molecule has 0 radical (unpaired) electrons. The third-order valence-corrected chi connectivity index (χ3v) is 2.72. The van der Waals surface area contributed by atoms with Gasteiger partial charge in [0, 0.05) is 19.3 Å². The molecule has 1 rings (SSSR count). The zero-order valence-corrected chi connectivity index (χ0v) is 12.5. The minimum Gasteiger partial charge on any atom is -0.389 e. The van der Waals surface area contributed by atoms with E-state index in [0.29, 0.717) is 18.7 Å². The van der Waals surface area contributed by atoms with E-state index >= 15 is 0 Å². The number of anilines is 1. The predicted octanol–water partition coefficient (Wildman–Crippen LogP) is 3.20. The molecule has 1 aromatic heterocycles. The van der Waals surface area contributed by atoms with Gasteiger partial charge < -0.3 is 15.2 Å². The molecular weight excluding hydrogens is 309 g/mol. The van der Waals surface area contributed by atoms with Crippen molar-refractivity contribution < 1.29 is 23.0 Å². The van der Waals surface area contributed by atoms with Crippen LogP contribution in [0.25, 0.3) is 0 Å². The van der Waals surface area contributed by atoms with Gasteiger partial charge in [0.25, 0.3) is 0 Å². The van der Waals surface area contributed by atoms with E-state index in [0.717, 1.165) is 6.07 Å². The van der Waals surface area contributed by atoms with Gasteiger partial charge in [-0.1, -0.05) is 25.4 Å². The van der Waals surface area contributed by atoms with Gasteiger partial charge in [0.1, 0.15) is 5.82 Å². The van der Waals surface area contributed by atoms with Crippen molar-refractivity contribution in [2.75, 3.05) is 25.1 Å². The van der Waals surface area contributed by atoms with Gasteiger partial charge >= 0.3 is 6.18 Å². The van der Waals surface area contributed by atoms with Crippen LogP contribution in [0.1, 0.15) is 19.4 Å². The Morgan fingerprint density at radius 1 is 1.38 bits per heavy atom. The third kappa shape index (κ3) is 6.50. The van der Waals surface area contributed by atoms with Crippen molar-refractivity contribution in [1.82, 2.24) is 4.98 Å². The monoisotopic (exact) mass is 326 g/mol. The summed E-state index contributed by atoms with van der Waals surface area (Å²) in [6.07, 6.45) is -4.60. The van der Waals surface area contributed by atoms with E-state index in [4.69, 9.17) is 16.3 Å². The number of pyridine rings is 1. The topological polar surface area (TPSA) is 54.4 Å². The van der Waals surface area contributed by atoms with Gasteiger partial charge in [-0.2, -0.15) is 13.2 Å². The maximum atomic E-state index is 12.4. The highest BCUT2D eigenvalue weighted by Crippen LogP contribution is 2.32. The Bertz CT molecular complexity index is 456. The van der Waals surface area contributed by atoms with Crippen LogP contribution < -0.4 is 5.32 Å². The zero-order chi connectivity index (χ0) is 16.0. The minimum atomic E-state index is -4.49. The molecule has 0 aliphatic rings. The minimum absolute atomic E-state index is 0.0795. The highest BCUT2D eigenvalue weighted by atomic mass is 35.5. The number of aliphatic hydroxyl groups excluding tert-OH is 1. The van der Waals surface area contributed by atoms with Crippen molar-refractivity contribution >= 4 is 17.4 Å². The van der Waals surface area contributed by atoms with Crippen LogP contribution in [0.15, 0.2) is 12.3 Å². The Balaban J connectivity index is 2.49. The molecule has 0 aromatic carbocycles. The number of aliphatic hydroxyl groups is 1. The predicted molar refractivity (Wildman–Crippen MR) is 74.4 cm³/mol. The Morgan fingerprint density at radius 2 is 2.05 bits per heavy atom. The van der Waals surface area contributed by atoms with E-state index in [-0.39, 0.29) is 24.0 Å². The summed E-state index contributed by atoms with van der Waals surface area (Å²) >= 11 is 5.73. The molecule has 0 saturated heterocycles. The first-order chi connectivity index (χ1) is 9.70. The molecule has 0 spiro atoms. The van der Waals surface area contributed by atoms with Crippen LogP contribution in [0.4, 0.5) is 19.0 Å². The number of halogens is 4. The summed E-state index contributed by atoms with van der Waals surface area (Å²) in [4.78, 5) is 3.61. The number of hydrogen-bond acceptors (Lipinski definition) is 4. The first-order valence-electron chi connectivity index (χ1n) is 6.42. The number of alkyl halides is 3. The molecule has 2 N–H and O–H groups in total. The van der Waals surface area contributed by atoms with Crippen molar-refractivity contribution in [1.29, 1.82) is 0 Å². The standard InChI is InChI=1S/C13H18ClF3N2O2/c1-8(2)6-21-7-10(20)5-19-12-11(14)3-9(4-18-12)13(15,16)17/h3-4,8,10,20H,5-7H2,1-2H3,(H,18,19)/t10-/m0/s1. The second-order valence-electron chi connectivity index (χ2n) is 5.02. The summed E-state index contributed by atoms with van der Waals surface area (Å²) in [5, 5.41) is 12.2. The fourth-order valence-electron chi connectivity index (χ4n) is 1.44. The van der Waals surface area contributed by atoms with Crippen molar-refractivity contribution in [2.24, 2.45) is 5.92 Å². The van der Waals surface area contributed by atoms with Gasteiger partial charge in [-0.05, 0) is 12.0 Å². The molecular formula is C13H18ClF3N2O2. The molecule has 0 bridgehead atoms. The van der Waals surface area contributed by atoms with Gasteiger partial charge in [0.05, 0.1) is 23.3 Å². The van der Waals surface area contributed by atoms with Crippen LogP contribution in [0.2, 0.25) is 5.02 Å². The van der Waals surface area contributed by atoms with E-state index < -0.39 is 17.8 Å². The molecule has 0 unspecified atom stereocenters. The number of hydrogen-bond donors (Lipinski definition) is 2. The van der Waals surface area contributed by atoms with Gasteiger partial charge in [-0.25, -0.2) is 4.98 Å². The summed E-state index contributed by atoms with van der Waals surface area (Å²) in [6, 6.07) is 0.790. The van der Waals surface area contributed by atoms with Crippen LogP contribution in [-0.4, -0.2) is 36.0 Å². The molecule has 21 heavy (non-hydrogen) atoms. The average molecular weight is 327 g/mol. The molecule has 0 amide bonds. The second-order valence-corrected chi connectivity index (χ2v) is 5.43. The van der Waals surface area contributed by atoms with E-state index in [1.165, 1.54) is 0 Å². The molecule has 0 aliphatic heterocycles. The van der Waals surface area contributed by atoms with Crippen molar-refractivity contribution in [3.8, 4) is 0 Å². The fourth-order valence-corrected chi connectivity index (χ4v) is 1.67. The highest BCUT2D eigenvalue weighted by molar-refractivity contribution is 6.32. The summed E-state index contributed by atoms with van der Waals surface area (Å²) < 4.78 is 42.6. The lowest BCUT2D eigenvalue weighted by molar-refractivity contribution is -0.137. The summed E-state index contributed by atoms with van der Waals surface area (Å²) in [5.41, 5.74) is -0.918. The third-order valence-electron chi connectivity index (χ3n) is 2.44. The number of nitrogens with zero attached hydrogens (tertiary/aromatic N) is 1. The van der Waals surface area contributed by atoms with E-state index in [2.05, 4.69) is 10.3 Å². The molecule has 0 saturated carbocycles. The van der Waals surface area contributed by atoms with Gasteiger partial charge in [0.2, 0.25) is 0 Å². The van der Waals surface area contributed by atoms with Crippen molar-refractivity contribution in [3.05, 3.63) is 22.8 Å². The molecule has 1 heterocycles. The molecule has 1 atom stereocenters. The molecule has 0 fully saturated rings. The van der Waals surface area contributed by atoms with Gasteiger partial charge in [-0.15, -0.1) is 0 Å². The molecule has 8 heteroatoms. The lowest BCUT2D eigenvalue weighted by Crippen LogP contribution is -2.26. The fraction of sp³-hybridized carbons (Fsp3) is 0.615. The molecule has 120 valence electrons. The number of ether oxygens (including phenoxy) is 1. The number of aromatic nitrogens is 1. The summed E-state index contributed by atoms with van der Waals surface area (Å²) in [6.45, 7) is 4.70. The molecule has 0 aliphatic carbocycles. The largest absolute Gasteiger partial charge is 0.417 e. The number of nitrogens with one attached hydrogen (secondary N) is 1. The Labute approximate surface area is 126 Å². The van der Waals surface area contributed by atoms with Crippen LogP contribution in [0.5, 0.6) is 0 Å². The normalized spacial score (nSPS) is 13.5. The van der Waals surface area contributed by atoms with E-state index in [1.807, 2.05) is 13.8 Å². The van der Waals surface area contributed by atoms with E-state index in [1.54, 1.807) is 0 Å². The van der Waals surface area contributed by atoms with Gasteiger partial charge in [0.15, 0.2) is 0 Å². The van der Waals surface area contributed by atoms with E-state index in [9.17, 15) is 18.3 Å². The number of rotatable bonds is 7. The van der Waals surface area contributed by atoms with Crippen LogP contribution in [-0.2, 0) is 10.9 Å². The maximum absolute atomic E-state index is 12.4. The maximum Gasteiger partial charge on any atom is 0.417 e. The molecule has 1 aromatic rings. The zero-order valence-electron chi connectivity index (χ0n) is 11.7. The second kappa shape index (κ2) is 7.82. The highest BCUT2D eigenvalue weighted by Gasteiger charge is 2.31. The first-order valence-corrected chi connectivity index (χ1v) is 6.80. The lowest BCUT2D eigenvalue weighted by Gasteiger charge is -2.15. The Morgan fingerprint density at radius 3 is 2.57 bits per heavy atom. The summed E-state index contributed by atoms with van der Waals surface area (Å²) in [5.74, 6) is 0.448. The molecule has 4 nitrogen and oxygen atoms in total. The lowest BCUT2D eigenvalue weighted by atomic mass is 10.2. The quantitative estimate of drug-likeness (QED) is 0.808. The average Bonchev–Trinajstić information content (AvgIpc) is 2.35.